The van der Waals surface area contributed by atoms with Crippen LogP contribution in [0.2, 0.25) is 0 Å². The van der Waals surface area contributed by atoms with Crippen LogP contribution in [0.4, 0.5) is 0 Å². The van der Waals surface area contributed by atoms with E-state index in [9.17, 15) is 0 Å². The van der Waals surface area contributed by atoms with Gasteiger partial charge in [-0.25, -0.2) is 0 Å². The molecule has 0 bridgehead atoms. The van der Waals surface area contributed by atoms with Crippen molar-refractivity contribution in [1.82, 2.24) is 0 Å². The molecule has 2 aliphatic rings. The summed E-state index contributed by atoms with van der Waals surface area (Å²) in [6.45, 7) is 13.8. The summed E-state index contributed by atoms with van der Waals surface area (Å²) >= 11 is 2.06. The number of hydrogen-bond donors (Lipinski definition) is 0. The van der Waals surface area contributed by atoms with Crippen molar-refractivity contribution >= 4 is 17.3 Å². The smallest absolute Gasteiger partial charge is 0.0278 e. The van der Waals surface area contributed by atoms with E-state index in [2.05, 4.69) is 65.4 Å². The molecule has 1 aromatic rings. The van der Waals surface area contributed by atoms with Gasteiger partial charge in [0.25, 0.3) is 0 Å². The molecule has 0 saturated heterocycles. The predicted octanol–water partition coefficient (Wildman–Crippen LogP) is 6.02. The Morgan fingerprint density at radius 2 is 1.80 bits per heavy atom. The predicted molar refractivity (Wildman–Crippen MR) is 90.6 cm³/mol. The second-order valence-electron chi connectivity index (χ2n) is 6.51. The Morgan fingerprint density at radius 1 is 1.10 bits per heavy atom. The fourth-order valence-corrected chi connectivity index (χ4v) is 4.83. The Labute approximate surface area is 127 Å². The minimum Gasteiger partial charge on any atom is -0.118 e. The summed E-state index contributed by atoms with van der Waals surface area (Å²) < 4.78 is 0. The molecule has 0 N–H and O–H groups in total. The highest BCUT2D eigenvalue weighted by atomic mass is 32.2. The number of hydrogen-bond acceptors (Lipinski definition) is 1. The summed E-state index contributed by atoms with van der Waals surface area (Å²) in [5.74, 6) is 0.663. The molecule has 0 radical (unpaired) electrons. The molecular weight excluding hydrogens is 260 g/mol. The molecule has 0 amide bonds. The van der Waals surface area contributed by atoms with E-state index in [1.165, 1.54) is 33.6 Å². The van der Waals surface area contributed by atoms with Gasteiger partial charge in [0, 0.05) is 10.1 Å². The monoisotopic (exact) mass is 284 g/mol. The highest BCUT2D eigenvalue weighted by Gasteiger charge is 2.30. The van der Waals surface area contributed by atoms with E-state index in [-0.39, 0.29) is 0 Å². The average Bonchev–Trinajstić information content (AvgIpc) is 2.69. The first-order valence-corrected chi connectivity index (χ1v) is 8.47. The van der Waals surface area contributed by atoms with Crippen LogP contribution in [0.25, 0.3) is 5.57 Å². The summed E-state index contributed by atoms with van der Waals surface area (Å²) in [4.78, 5) is 1.54. The van der Waals surface area contributed by atoms with Crippen molar-refractivity contribution in [3.63, 3.8) is 0 Å². The molecule has 0 aromatic heterocycles. The number of thioether (sulfide) groups is 1. The Kier molecular flexibility index (Phi) is 3.36. The van der Waals surface area contributed by atoms with Gasteiger partial charge >= 0.3 is 0 Å². The number of benzene rings is 1. The SMILES string of the molecule is CC1=C(C)C(C)Sc2c(C)c(C)cc3c2C(=C1)CC3C. The first-order chi connectivity index (χ1) is 9.40. The van der Waals surface area contributed by atoms with Gasteiger partial charge in [-0.15, -0.1) is 11.8 Å². The Bertz CT molecular complexity index is 646. The van der Waals surface area contributed by atoms with Crippen molar-refractivity contribution in [2.75, 3.05) is 0 Å². The van der Waals surface area contributed by atoms with Crippen molar-refractivity contribution in [2.45, 2.75) is 64.0 Å². The van der Waals surface area contributed by atoms with E-state index in [1.807, 2.05) is 0 Å². The minimum absolute atomic E-state index is 0.563. The molecule has 1 heteroatoms. The van der Waals surface area contributed by atoms with Gasteiger partial charge in [0.05, 0.1) is 0 Å². The number of allylic oxidation sites excluding steroid dienone is 3. The molecule has 2 atom stereocenters. The Balaban J connectivity index is 2.34. The maximum absolute atomic E-state index is 2.45. The number of aryl methyl sites for hydroxylation is 1. The molecule has 0 saturated carbocycles. The maximum Gasteiger partial charge on any atom is 0.0278 e. The van der Waals surface area contributed by atoms with Crippen LogP contribution in [-0.4, -0.2) is 5.25 Å². The lowest BCUT2D eigenvalue weighted by atomic mass is 9.96. The Hall–Kier alpha value is -0.950. The molecular formula is C19H24S. The second kappa shape index (κ2) is 4.80. The van der Waals surface area contributed by atoms with Crippen molar-refractivity contribution in [3.8, 4) is 0 Å². The van der Waals surface area contributed by atoms with E-state index in [1.54, 1.807) is 16.7 Å². The van der Waals surface area contributed by atoms with E-state index >= 15 is 0 Å². The maximum atomic E-state index is 2.45. The lowest BCUT2D eigenvalue weighted by molar-refractivity contribution is 0.825. The van der Waals surface area contributed by atoms with Gasteiger partial charge in [-0.3, -0.25) is 0 Å². The zero-order chi connectivity index (χ0) is 14.6. The molecule has 2 unspecified atom stereocenters. The van der Waals surface area contributed by atoms with Crippen LogP contribution in [0.1, 0.15) is 62.3 Å². The minimum atomic E-state index is 0.563. The molecule has 1 aromatic carbocycles. The largest absolute Gasteiger partial charge is 0.118 e. The fourth-order valence-electron chi connectivity index (χ4n) is 3.41. The molecule has 106 valence electrons. The van der Waals surface area contributed by atoms with E-state index in [0.717, 1.165) is 0 Å². The van der Waals surface area contributed by atoms with Gasteiger partial charge in [-0.05, 0) is 74.8 Å². The Morgan fingerprint density at radius 3 is 2.50 bits per heavy atom. The van der Waals surface area contributed by atoms with Crippen LogP contribution in [0.3, 0.4) is 0 Å². The molecule has 1 aliphatic carbocycles. The standard InChI is InChI=1S/C19H24S/c1-10-7-16-8-12(3)17-9-11(2)14(5)19(18(16)17)20-15(6)13(10)4/h7,9,12,15H,8H2,1-6H3. The number of rotatable bonds is 0. The van der Waals surface area contributed by atoms with E-state index < -0.39 is 0 Å². The summed E-state index contributed by atoms with van der Waals surface area (Å²) in [5.41, 5.74) is 10.6. The molecule has 0 spiro atoms. The highest BCUT2D eigenvalue weighted by Crippen LogP contribution is 2.50. The summed E-state index contributed by atoms with van der Waals surface area (Å²) in [5, 5.41) is 0.563. The second-order valence-corrected chi connectivity index (χ2v) is 7.86. The average molecular weight is 284 g/mol. The van der Waals surface area contributed by atoms with Crippen LogP contribution >= 0.6 is 11.8 Å². The van der Waals surface area contributed by atoms with Gasteiger partial charge in [0.15, 0.2) is 0 Å². The van der Waals surface area contributed by atoms with Crippen LogP contribution in [0.15, 0.2) is 28.2 Å². The topological polar surface area (TPSA) is 0 Å². The highest BCUT2D eigenvalue weighted by molar-refractivity contribution is 8.00. The van der Waals surface area contributed by atoms with Crippen molar-refractivity contribution in [2.24, 2.45) is 0 Å². The van der Waals surface area contributed by atoms with Gasteiger partial charge < -0.3 is 0 Å². The molecule has 3 rings (SSSR count). The normalized spacial score (nSPS) is 25.2. The zero-order valence-electron chi connectivity index (χ0n) is 13.4. The van der Waals surface area contributed by atoms with Gasteiger partial charge in [-0.1, -0.05) is 30.2 Å². The third-order valence-corrected chi connectivity index (χ3v) is 6.57. The zero-order valence-corrected chi connectivity index (χ0v) is 14.2. The first-order valence-electron chi connectivity index (χ1n) is 7.59. The van der Waals surface area contributed by atoms with Gasteiger partial charge in [-0.2, -0.15) is 0 Å². The van der Waals surface area contributed by atoms with Crippen molar-refractivity contribution in [3.05, 3.63) is 45.5 Å². The van der Waals surface area contributed by atoms with Crippen LogP contribution in [0, 0.1) is 13.8 Å². The first kappa shape index (κ1) is 14.0. The molecule has 0 nitrogen and oxygen atoms in total. The van der Waals surface area contributed by atoms with E-state index in [0.29, 0.717) is 11.2 Å². The molecule has 0 fully saturated rings. The van der Waals surface area contributed by atoms with Crippen molar-refractivity contribution < 1.29 is 0 Å². The molecule has 1 aliphatic heterocycles. The molecule has 1 heterocycles. The van der Waals surface area contributed by atoms with Crippen LogP contribution < -0.4 is 0 Å². The fraction of sp³-hybridized carbons (Fsp3) is 0.474. The lowest BCUT2D eigenvalue weighted by Gasteiger charge is -2.23. The molecule has 20 heavy (non-hydrogen) atoms. The van der Waals surface area contributed by atoms with Crippen molar-refractivity contribution in [1.29, 1.82) is 0 Å². The van der Waals surface area contributed by atoms with E-state index in [4.69, 9.17) is 0 Å². The lowest BCUT2D eigenvalue weighted by Crippen LogP contribution is -2.05. The van der Waals surface area contributed by atoms with Gasteiger partial charge in [0.2, 0.25) is 0 Å². The summed E-state index contributed by atoms with van der Waals surface area (Å²) in [7, 11) is 0. The third-order valence-electron chi connectivity index (χ3n) is 5.12. The third kappa shape index (κ3) is 1.98. The van der Waals surface area contributed by atoms with Gasteiger partial charge in [0.1, 0.15) is 0 Å². The quantitative estimate of drug-likeness (QED) is 0.561. The summed E-state index contributed by atoms with van der Waals surface area (Å²) in [6.07, 6.45) is 3.65. The van der Waals surface area contributed by atoms with Crippen LogP contribution in [-0.2, 0) is 0 Å². The van der Waals surface area contributed by atoms with Crippen LogP contribution in [0.5, 0.6) is 0 Å². The summed E-state index contributed by atoms with van der Waals surface area (Å²) in [6, 6.07) is 2.43.